The van der Waals surface area contributed by atoms with Crippen molar-refractivity contribution in [2.75, 3.05) is 13.2 Å². The zero-order valence-electron chi connectivity index (χ0n) is 18.4. The highest BCUT2D eigenvalue weighted by atomic mass is 79.9. The first-order valence-corrected chi connectivity index (χ1v) is 14.7. The van der Waals surface area contributed by atoms with Gasteiger partial charge in [0, 0.05) is 12.1 Å². The van der Waals surface area contributed by atoms with Crippen LogP contribution in [0.3, 0.4) is 0 Å². The number of thiophene rings is 2. The maximum Gasteiger partial charge on any atom is 0.140 e. The highest BCUT2D eigenvalue weighted by Gasteiger charge is 2.19. The molecule has 0 fully saturated rings. The van der Waals surface area contributed by atoms with Gasteiger partial charge in [0.2, 0.25) is 0 Å². The summed E-state index contributed by atoms with van der Waals surface area (Å²) in [4.78, 5) is 2.34. The van der Waals surface area contributed by atoms with Gasteiger partial charge in [-0.15, -0.1) is 22.7 Å². The highest BCUT2D eigenvalue weighted by Crippen LogP contribution is 2.49. The average molecular weight is 580 g/mol. The molecule has 0 bridgehead atoms. The molecule has 0 aliphatic rings. The standard InChI is InChI=1S/C24H36Br2O2S2/c1-3-5-7-9-11-13-15-27-19-17-21(25)29-23(19)24-20(18-22(26)30-24)28-16-14-12-10-8-6-4-2/h17-18H,3-16H2,1-2H3. The van der Waals surface area contributed by atoms with Crippen LogP contribution in [0.25, 0.3) is 9.75 Å². The van der Waals surface area contributed by atoms with Crippen molar-refractivity contribution in [2.24, 2.45) is 0 Å². The second kappa shape index (κ2) is 15.7. The van der Waals surface area contributed by atoms with Gasteiger partial charge in [-0.3, -0.25) is 0 Å². The van der Waals surface area contributed by atoms with Gasteiger partial charge in [0.15, 0.2) is 0 Å². The predicted molar refractivity (Wildman–Crippen MR) is 141 cm³/mol. The minimum absolute atomic E-state index is 0.781. The van der Waals surface area contributed by atoms with E-state index >= 15 is 0 Å². The Morgan fingerprint density at radius 1 is 0.600 bits per heavy atom. The van der Waals surface area contributed by atoms with Gasteiger partial charge in [-0.1, -0.05) is 78.1 Å². The lowest BCUT2D eigenvalue weighted by atomic mass is 10.1. The molecule has 6 heteroatoms. The number of rotatable bonds is 17. The number of ether oxygens (including phenoxy) is 2. The van der Waals surface area contributed by atoms with Crippen LogP contribution in [0.4, 0.5) is 0 Å². The van der Waals surface area contributed by atoms with Crippen LogP contribution < -0.4 is 9.47 Å². The number of hydrogen-bond donors (Lipinski definition) is 0. The lowest BCUT2D eigenvalue weighted by Gasteiger charge is -2.09. The zero-order valence-corrected chi connectivity index (χ0v) is 23.2. The van der Waals surface area contributed by atoms with Gasteiger partial charge in [-0.2, -0.15) is 0 Å². The maximum absolute atomic E-state index is 6.18. The first kappa shape index (κ1) is 26.2. The molecular weight excluding hydrogens is 544 g/mol. The van der Waals surface area contributed by atoms with Crippen LogP contribution in [0.2, 0.25) is 0 Å². The van der Waals surface area contributed by atoms with E-state index in [4.69, 9.17) is 9.47 Å². The molecule has 170 valence electrons. The van der Waals surface area contributed by atoms with E-state index in [-0.39, 0.29) is 0 Å². The van der Waals surface area contributed by atoms with Crippen molar-refractivity contribution < 1.29 is 9.47 Å². The summed E-state index contributed by atoms with van der Waals surface area (Å²) in [5.74, 6) is 1.94. The Kier molecular flexibility index (Phi) is 13.7. The Hall–Kier alpha value is -0.0400. The second-order valence-electron chi connectivity index (χ2n) is 7.72. The molecule has 0 atom stereocenters. The summed E-state index contributed by atoms with van der Waals surface area (Å²) in [5.41, 5.74) is 0. The van der Waals surface area contributed by atoms with Crippen LogP contribution in [-0.2, 0) is 0 Å². The van der Waals surface area contributed by atoms with Crippen LogP contribution in [0, 0.1) is 0 Å². The summed E-state index contributed by atoms with van der Waals surface area (Å²) < 4.78 is 14.6. The number of unbranched alkanes of at least 4 members (excludes halogenated alkanes) is 10. The lowest BCUT2D eigenvalue weighted by Crippen LogP contribution is -1.99. The van der Waals surface area contributed by atoms with Gasteiger partial charge in [0.05, 0.1) is 30.5 Å². The van der Waals surface area contributed by atoms with E-state index in [1.165, 1.54) is 74.0 Å². The van der Waals surface area contributed by atoms with E-state index in [0.29, 0.717) is 0 Å². The van der Waals surface area contributed by atoms with E-state index in [1.807, 2.05) is 0 Å². The van der Waals surface area contributed by atoms with Crippen molar-refractivity contribution in [3.05, 3.63) is 19.7 Å². The van der Waals surface area contributed by atoms with E-state index < -0.39 is 0 Å². The molecule has 0 aromatic carbocycles. The molecule has 2 aromatic heterocycles. The second-order valence-corrected chi connectivity index (χ2v) is 12.6. The molecule has 0 N–H and O–H groups in total. The quantitative estimate of drug-likeness (QED) is 0.173. The fourth-order valence-electron chi connectivity index (χ4n) is 3.35. The Morgan fingerprint density at radius 2 is 0.967 bits per heavy atom. The van der Waals surface area contributed by atoms with Crippen LogP contribution in [-0.4, -0.2) is 13.2 Å². The maximum atomic E-state index is 6.18. The summed E-state index contributed by atoms with van der Waals surface area (Å²) in [6.45, 7) is 6.08. The highest BCUT2D eigenvalue weighted by molar-refractivity contribution is 9.11. The molecule has 0 unspecified atom stereocenters. The third kappa shape index (κ3) is 9.62. The SMILES string of the molecule is CCCCCCCCOc1cc(Br)sc1-c1sc(Br)cc1OCCCCCCCC. The third-order valence-corrected chi connectivity index (χ3v) is 8.46. The molecule has 0 saturated heterocycles. The minimum Gasteiger partial charge on any atom is -0.492 e. The molecule has 0 spiro atoms. The molecule has 0 amide bonds. The van der Waals surface area contributed by atoms with Gasteiger partial charge >= 0.3 is 0 Å². The minimum atomic E-state index is 0.781. The fourth-order valence-corrected chi connectivity index (χ4v) is 6.53. The van der Waals surface area contributed by atoms with Gasteiger partial charge in [-0.25, -0.2) is 0 Å². The fraction of sp³-hybridized carbons (Fsp3) is 0.667. The van der Waals surface area contributed by atoms with Gasteiger partial charge < -0.3 is 9.47 Å². The summed E-state index contributed by atoms with van der Waals surface area (Å²) >= 11 is 10.7. The lowest BCUT2D eigenvalue weighted by molar-refractivity contribution is 0.303. The van der Waals surface area contributed by atoms with Crippen molar-refractivity contribution in [2.45, 2.75) is 90.9 Å². The largest absolute Gasteiger partial charge is 0.492 e. The monoisotopic (exact) mass is 578 g/mol. The van der Waals surface area contributed by atoms with E-state index in [1.54, 1.807) is 22.7 Å². The normalized spacial score (nSPS) is 11.2. The van der Waals surface area contributed by atoms with Crippen LogP contribution in [0.1, 0.15) is 90.9 Å². The molecule has 30 heavy (non-hydrogen) atoms. The van der Waals surface area contributed by atoms with Crippen molar-refractivity contribution in [1.82, 2.24) is 0 Å². The van der Waals surface area contributed by atoms with E-state index in [9.17, 15) is 0 Å². The molecular formula is C24H36Br2O2S2. The van der Waals surface area contributed by atoms with Crippen molar-refractivity contribution in [3.8, 4) is 21.3 Å². The van der Waals surface area contributed by atoms with Gasteiger partial charge in [0.25, 0.3) is 0 Å². The van der Waals surface area contributed by atoms with E-state index in [2.05, 4.69) is 57.8 Å². The van der Waals surface area contributed by atoms with Crippen LogP contribution in [0.15, 0.2) is 19.7 Å². The van der Waals surface area contributed by atoms with Crippen molar-refractivity contribution >= 4 is 54.5 Å². The third-order valence-electron chi connectivity index (χ3n) is 5.05. The molecule has 2 aromatic rings. The number of halogens is 2. The molecule has 0 saturated carbocycles. The average Bonchev–Trinajstić information content (AvgIpc) is 3.28. The topological polar surface area (TPSA) is 18.5 Å². The summed E-state index contributed by atoms with van der Waals surface area (Å²) in [6.07, 6.45) is 15.3. The van der Waals surface area contributed by atoms with Crippen molar-refractivity contribution in [1.29, 1.82) is 0 Å². The molecule has 0 aliphatic carbocycles. The van der Waals surface area contributed by atoms with Gasteiger partial charge in [0.1, 0.15) is 11.5 Å². The molecule has 2 heterocycles. The molecule has 2 nitrogen and oxygen atoms in total. The first-order valence-electron chi connectivity index (χ1n) is 11.5. The van der Waals surface area contributed by atoms with Crippen LogP contribution >= 0.6 is 54.5 Å². The first-order chi connectivity index (χ1) is 14.7. The molecule has 2 rings (SSSR count). The number of hydrogen-bond acceptors (Lipinski definition) is 4. The Balaban J connectivity index is 1.87. The van der Waals surface area contributed by atoms with Gasteiger partial charge in [-0.05, 0) is 44.7 Å². The molecule has 0 aliphatic heterocycles. The summed E-state index contributed by atoms with van der Waals surface area (Å²) in [5, 5.41) is 0. The van der Waals surface area contributed by atoms with Crippen molar-refractivity contribution in [3.63, 3.8) is 0 Å². The summed E-state index contributed by atoms with van der Waals surface area (Å²) in [7, 11) is 0. The van der Waals surface area contributed by atoms with E-state index in [0.717, 1.165) is 45.1 Å². The molecule has 0 radical (unpaired) electrons. The summed E-state index contributed by atoms with van der Waals surface area (Å²) in [6, 6.07) is 4.20. The zero-order chi connectivity index (χ0) is 21.6. The Morgan fingerprint density at radius 3 is 1.37 bits per heavy atom. The van der Waals surface area contributed by atoms with Crippen LogP contribution in [0.5, 0.6) is 11.5 Å². The smallest absolute Gasteiger partial charge is 0.140 e. The predicted octanol–water partition coefficient (Wildman–Crippen LogP) is 10.5. The Labute approximate surface area is 208 Å². The Bertz CT molecular complexity index is 652.